The number of hydrogen-bond acceptors (Lipinski definition) is 4. The summed E-state index contributed by atoms with van der Waals surface area (Å²) in [5.41, 5.74) is 1.62. The number of nitrogens with zero attached hydrogens (tertiary/aromatic N) is 2. The van der Waals surface area contributed by atoms with Crippen LogP contribution in [0.3, 0.4) is 0 Å². The first-order valence-electron chi connectivity index (χ1n) is 6.96. The fraction of sp³-hybridized carbons (Fsp3) is 0.118. The summed E-state index contributed by atoms with van der Waals surface area (Å²) in [6.45, 7) is 1.60. The smallest absolute Gasteiger partial charge is 0.331 e. The van der Waals surface area contributed by atoms with Crippen molar-refractivity contribution in [2.45, 2.75) is 13.5 Å². The van der Waals surface area contributed by atoms with Gasteiger partial charge in [0.1, 0.15) is 12.3 Å². The monoisotopic (exact) mass is 328 g/mol. The summed E-state index contributed by atoms with van der Waals surface area (Å²) in [7, 11) is 0. The third kappa shape index (κ3) is 3.24. The van der Waals surface area contributed by atoms with Crippen molar-refractivity contribution in [2.75, 3.05) is 0 Å². The van der Waals surface area contributed by atoms with E-state index in [1.807, 2.05) is 6.07 Å². The fourth-order valence-electron chi connectivity index (χ4n) is 2.29. The van der Waals surface area contributed by atoms with Crippen LogP contribution in [0.4, 0.5) is 0 Å². The zero-order valence-corrected chi connectivity index (χ0v) is 13.1. The molecule has 0 radical (unpaired) electrons. The van der Waals surface area contributed by atoms with Gasteiger partial charge >= 0.3 is 5.97 Å². The maximum absolute atomic E-state index is 12.2. The van der Waals surface area contributed by atoms with Crippen LogP contribution in [0.1, 0.15) is 5.56 Å². The molecule has 1 aromatic heterocycles. The number of aryl methyl sites for hydroxylation is 1. The third-order valence-electron chi connectivity index (χ3n) is 3.40. The Labute approximate surface area is 137 Å². The number of esters is 1. The number of benzene rings is 2. The van der Waals surface area contributed by atoms with E-state index < -0.39 is 5.97 Å². The average Bonchev–Trinajstić information content (AvgIpc) is 2.53. The molecule has 23 heavy (non-hydrogen) atoms. The van der Waals surface area contributed by atoms with Crippen LogP contribution in [-0.2, 0) is 11.3 Å². The Bertz CT molecular complexity index is 950. The highest BCUT2D eigenvalue weighted by atomic mass is 35.5. The molecule has 0 unspecified atom stereocenters. The second-order valence-corrected chi connectivity index (χ2v) is 5.49. The number of carbonyl (C=O) groups excluding carboxylic acids is 1. The van der Waals surface area contributed by atoms with E-state index in [0.717, 1.165) is 5.56 Å². The molecule has 0 amide bonds. The molecule has 2 aromatic carbocycles. The summed E-state index contributed by atoms with van der Waals surface area (Å²) < 4.78 is 6.67. The molecule has 0 atom stereocenters. The Hall–Kier alpha value is -2.66. The van der Waals surface area contributed by atoms with Gasteiger partial charge in [-0.15, -0.1) is 0 Å². The molecule has 0 fully saturated rings. The molecular formula is C17H13ClN2O3. The molecule has 3 aromatic rings. The number of rotatable bonds is 3. The predicted octanol–water partition coefficient (Wildman–Crippen LogP) is 2.96. The molecule has 0 aliphatic carbocycles. The van der Waals surface area contributed by atoms with Gasteiger partial charge in [0.2, 0.25) is 0 Å². The van der Waals surface area contributed by atoms with Gasteiger partial charge < -0.3 is 4.74 Å². The molecule has 3 rings (SSSR count). The van der Waals surface area contributed by atoms with Crippen molar-refractivity contribution in [1.82, 2.24) is 9.55 Å². The zero-order valence-electron chi connectivity index (χ0n) is 12.3. The average molecular weight is 329 g/mol. The Balaban J connectivity index is 1.89. The summed E-state index contributed by atoms with van der Waals surface area (Å²) in [6, 6.07) is 12.1. The molecule has 0 spiro atoms. The van der Waals surface area contributed by atoms with Crippen molar-refractivity contribution in [3.63, 3.8) is 0 Å². The van der Waals surface area contributed by atoms with E-state index in [-0.39, 0.29) is 12.1 Å². The van der Waals surface area contributed by atoms with E-state index in [9.17, 15) is 9.59 Å². The summed E-state index contributed by atoms with van der Waals surface area (Å²) >= 11 is 5.88. The van der Waals surface area contributed by atoms with E-state index in [1.165, 1.54) is 10.8 Å². The molecular weight excluding hydrogens is 316 g/mol. The first-order valence-corrected chi connectivity index (χ1v) is 7.34. The minimum atomic E-state index is -0.533. The van der Waals surface area contributed by atoms with Gasteiger partial charge in [-0.1, -0.05) is 23.7 Å². The number of para-hydroxylation sites is 2. The second-order valence-electron chi connectivity index (χ2n) is 5.06. The van der Waals surface area contributed by atoms with Crippen LogP contribution in [0.15, 0.2) is 53.5 Å². The molecule has 116 valence electrons. The van der Waals surface area contributed by atoms with E-state index in [1.54, 1.807) is 43.3 Å². The van der Waals surface area contributed by atoms with Crippen LogP contribution in [0.25, 0.3) is 11.0 Å². The van der Waals surface area contributed by atoms with Crippen LogP contribution < -0.4 is 10.3 Å². The van der Waals surface area contributed by atoms with Crippen molar-refractivity contribution < 1.29 is 9.53 Å². The topological polar surface area (TPSA) is 61.2 Å². The van der Waals surface area contributed by atoms with Gasteiger partial charge in [-0.2, -0.15) is 0 Å². The van der Waals surface area contributed by atoms with Gasteiger partial charge in [0, 0.05) is 5.02 Å². The van der Waals surface area contributed by atoms with Crippen molar-refractivity contribution >= 4 is 28.6 Å². The van der Waals surface area contributed by atoms with E-state index in [4.69, 9.17) is 16.3 Å². The van der Waals surface area contributed by atoms with Gasteiger partial charge in [0.25, 0.3) is 5.56 Å². The molecule has 0 saturated carbocycles. The molecule has 1 heterocycles. The number of fused-ring (bicyclic) bond motifs is 1. The quantitative estimate of drug-likeness (QED) is 0.548. The molecule has 0 N–H and O–H groups in total. The van der Waals surface area contributed by atoms with Crippen LogP contribution in [-0.4, -0.2) is 15.5 Å². The van der Waals surface area contributed by atoms with Crippen LogP contribution >= 0.6 is 11.6 Å². The van der Waals surface area contributed by atoms with E-state index in [0.29, 0.717) is 21.8 Å². The highest BCUT2D eigenvalue weighted by molar-refractivity contribution is 6.30. The fourth-order valence-corrected chi connectivity index (χ4v) is 2.52. The first kappa shape index (κ1) is 15.2. The number of hydrogen-bond donors (Lipinski definition) is 0. The normalized spacial score (nSPS) is 10.7. The lowest BCUT2D eigenvalue weighted by Crippen LogP contribution is -2.27. The Morgan fingerprint density at radius 3 is 2.83 bits per heavy atom. The Kier molecular flexibility index (Phi) is 4.12. The predicted molar refractivity (Wildman–Crippen MR) is 87.8 cm³/mol. The number of carbonyl (C=O) groups is 1. The van der Waals surface area contributed by atoms with Gasteiger partial charge in [0.15, 0.2) is 0 Å². The SMILES string of the molecule is Cc1cc(Cl)ccc1OC(=O)Cn1c(=O)cnc2ccccc21. The van der Waals surface area contributed by atoms with Crippen LogP contribution in [0.2, 0.25) is 5.02 Å². The molecule has 0 aliphatic rings. The Morgan fingerprint density at radius 1 is 1.26 bits per heavy atom. The maximum Gasteiger partial charge on any atom is 0.331 e. The van der Waals surface area contributed by atoms with E-state index in [2.05, 4.69) is 4.98 Å². The van der Waals surface area contributed by atoms with Gasteiger partial charge in [-0.3, -0.25) is 9.36 Å². The Morgan fingerprint density at radius 2 is 2.04 bits per heavy atom. The minimum Gasteiger partial charge on any atom is -0.425 e. The summed E-state index contributed by atoms with van der Waals surface area (Å²) in [4.78, 5) is 28.2. The lowest BCUT2D eigenvalue weighted by molar-refractivity contribution is -0.135. The highest BCUT2D eigenvalue weighted by Gasteiger charge is 2.12. The first-order chi connectivity index (χ1) is 11.0. The number of aromatic nitrogens is 2. The lowest BCUT2D eigenvalue weighted by atomic mass is 10.2. The van der Waals surface area contributed by atoms with Gasteiger partial charge in [0.05, 0.1) is 17.2 Å². The lowest BCUT2D eigenvalue weighted by Gasteiger charge is -2.10. The van der Waals surface area contributed by atoms with Gasteiger partial charge in [-0.25, -0.2) is 9.78 Å². The number of ether oxygens (including phenoxy) is 1. The molecule has 0 bridgehead atoms. The zero-order chi connectivity index (χ0) is 16.4. The number of halogens is 1. The van der Waals surface area contributed by atoms with Gasteiger partial charge in [-0.05, 0) is 42.8 Å². The largest absolute Gasteiger partial charge is 0.425 e. The molecule has 0 aliphatic heterocycles. The summed E-state index contributed by atoms with van der Waals surface area (Å²) in [6.07, 6.45) is 1.20. The van der Waals surface area contributed by atoms with Crippen LogP contribution in [0, 0.1) is 6.92 Å². The van der Waals surface area contributed by atoms with Crippen molar-refractivity contribution in [3.05, 3.63) is 69.6 Å². The highest BCUT2D eigenvalue weighted by Crippen LogP contribution is 2.22. The summed E-state index contributed by atoms with van der Waals surface area (Å²) in [5, 5.41) is 0.568. The second kappa shape index (κ2) is 6.22. The van der Waals surface area contributed by atoms with E-state index >= 15 is 0 Å². The minimum absolute atomic E-state index is 0.191. The summed E-state index contributed by atoms with van der Waals surface area (Å²) in [5.74, 6) is -0.111. The third-order valence-corrected chi connectivity index (χ3v) is 3.64. The molecule has 5 nitrogen and oxygen atoms in total. The standard InChI is InChI=1S/C17H13ClN2O3/c1-11-8-12(18)6-7-15(11)23-17(22)10-20-14-5-3-2-4-13(14)19-9-16(20)21/h2-9H,10H2,1H3. The van der Waals surface area contributed by atoms with Crippen molar-refractivity contribution in [2.24, 2.45) is 0 Å². The molecule has 0 saturated heterocycles. The van der Waals surface area contributed by atoms with Crippen LogP contribution in [0.5, 0.6) is 5.75 Å². The molecule has 6 heteroatoms. The van der Waals surface area contributed by atoms with Crippen molar-refractivity contribution in [3.8, 4) is 5.75 Å². The van der Waals surface area contributed by atoms with Crippen molar-refractivity contribution in [1.29, 1.82) is 0 Å². The maximum atomic E-state index is 12.2.